The van der Waals surface area contributed by atoms with Gasteiger partial charge in [-0.3, -0.25) is 4.57 Å². The molecule has 1 aliphatic heterocycles. The standard InChI is InChI=1S/C27H27F3N6O3/c1-14-3-6-19-18(9-14)17-5-4-16(27(28,29)30)10-20(17)35(19)8-7-31-11-21-23(37)24(38)26(39-21)36-13-34-22-15(2)32-12-33-25(22)36/h3-6,9-10,12-13,21,23-24,26,31,37-38H,7-8,11H2,1-2H3. The highest BCUT2D eigenvalue weighted by Gasteiger charge is 2.44. The lowest BCUT2D eigenvalue weighted by molar-refractivity contribution is -0.137. The molecule has 6 rings (SSSR count). The van der Waals surface area contributed by atoms with E-state index in [1.54, 1.807) is 11.5 Å². The number of rotatable bonds is 6. The van der Waals surface area contributed by atoms with E-state index in [9.17, 15) is 23.4 Å². The van der Waals surface area contributed by atoms with Gasteiger partial charge in [-0.25, -0.2) is 15.0 Å². The van der Waals surface area contributed by atoms with Crippen LogP contribution in [0.15, 0.2) is 49.1 Å². The Balaban J connectivity index is 1.19. The average molecular weight is 541 g/mol. The van der Waals surface area contributed by atoms with Gasteiger partial charge in [0.15, 0.2) is 11.9 Å². The fourth-order valence-electron chi connectivity index (χ4n) is 5.35. The van der Waals surface area contributed by atoms with E-state index in [4.69, 9.17) is 4.74 Å². The molecule has 204 valence electrons. The fraction of sp³-hybridized carbons (Fsp3) is 0.370. The zero-order chi connectivity index (χ0) is 27.5. The second kappa shape index (κ2) is 9.56. The van der Waals surface area contributed by atoms with E-state index in [1.807, 2.05) is 29.7 Å². The molecule has 1 saturated heterocycles. The van der Waals surface area contributed by atoms with E-state index in [2.05, 4.69) is 20.3 Å². The van der Waals surface area contributed by atoms with Crippen molar-refractivity contribution in [1.29, 1.82) is 0 Å². The number of fused-ring (bicyclic) bond motifs is 4. The minimum absolute atomic E-state index is 0.222. The van der Waals surface area contributed by atoms with Crippen LogP contribution in [0.25, 0.3) is 33.0 Å². The Bertz CT molecular complexity index is 1680. The molecule has 0 spiro atoms. The number of aromatic nitrogens is 5. The van der Waals surface area contributed by atoms with Gasteiger partial charge in [-0.05, 0) is 38.1 Å². The Hall–Kier alpha value is -3.58. The van der Waals surface area contributed by atoms with E-state index < -0.39 is 36.3 Å². The summed E-state index contributed by atoms with van der Waals surface area (Å²) in [5.41, 5.74) is 3.43. The van der Waals surface area contributed by atoms with Crippen LogP contribution in [0.3, 0.4) is 0 Å². The summed E-state index contributed by atoms with van der Waals surface area (Å²) in [6, 6.07) is 9.67. The predicted octanol–water partition coefficient (Wildman–Crippen LogP) is 3.48. The molecule has 0 saturated carbocycles. The van der Waals surface area contributed by atoms with Crippen LogP contribution in [-0.4, -0.2) is 65.7 Å². The Labute approximate surface area is 220 Å². The first-order valence-corrected chi connectivity index (χ1v) is 12.6. The van der Waals surface area contributed by atoms with Crippen LogP contribution in [0, 0.1) is 13.8 Å². The van der Waals surface area contributed by atoms with E-state index in [1.165, 1.54) is 24.8 Å². The number of aliphatic hydroxyl groups is 2. The third-order valence-electron chi connectivity index (χ3n) is 7.36. The Morgan fingerprint density at radius 2 is 1.79 bits per heavy atom. The number of halogens is 3. The third kappa shape index (κ3) is 4.42. The molecule has 3 aromatic heterocycles. The normalized spacial score (nSPS) is 22.0. The van der Waals surface area contributed by atoms with E-state index in [0.29, 0.717) is 35.5 Å². The second-order valence-corrected chi connectivity index (χ2v) is 9.94. The summed E-state index contributed by atoms with van der Waals surface area (Å²) in [7, 11) is 0. The molecule has 12 heteroatoms. The summed E-state index contributed by atoms with van der Waals surface area (Å²) in [5.74, 6) is 0. The summed E-state index contributed by atoms with van der Waals surface area (Å²) in [6.07, 6.45) is -5.50. The van der Waals surface area contributed by atoms with Crippen LogP contribution in [0.4, 0.5) is 13.2 Å². The molecule has 5 aromatic rings. The largest absolute Gasteiger partial charge is 0.416 e. The van der Waals surface area contributed by atoms with Gasteiger partial charge in [0.1, 0.15) is 30.2 Å². The summed E-state index contributed by atoms with van der Waals surface area (Å²) >= 11 is 0. The molecule has 2 aromatic carbocycles. The van der Waals surface area contributed by atoms with Gasteiger partial charge < -0.3 is 24.8 Å². The van der Waals surface area contributed by atoms with Crippen molar-refractivity contribution in [2.45, 2.75) is 51.1 Å². The molecule has 9 nitrogen and oxygen atoms in total. The zero-order valence-corrected chi connectivity index (χ0v) is 21.2. The molecule has 1 aliphatic rings. The number of hydrogen-bond donors (Lipinski definition) is 3. The first kappa shape index (κ1) is 25.7. The number of alkyl halides is 3. The van der Waals surface area contributed by atoms with Crippen LogP contribution >= 0.6 is 0 Å². The molecule has 4 unspecified atom stereocenters. The molecule has 0 amide bonds. The van der Waals surface area contributed by atoms with Crippen molar-refractivity contribution in [3.8, 4) is 0 Å². The molecular weight excluding hydrogens is 513 g/mol. The average Bonchev–Trinajstić information content (AvgIpc) is 3.55. The van der Waals surface area contributed by atoms with Crippen molar-refractivity contribution in [3.63, 3.8) is 0 Å². The monoisotopic (exact) mass is 540 g/mol. The van der Waals surface area contributed by atoms with Crippen molar-refractivity contribution in [3.05, 3.63) is 65.9 Å². The lowest BCUT2D eigenvalue weighted by Gasteiger charge is -2.17. The number of nitrogens with one attached hydrogen (secondary N) is 1. The van der Waals surface area contributed by atoms with Gasteiger partial charge in [-0.1, -0.05) is 17.7 Å². The molecule has 0 aliphatic carbocycles. The maximum Gasteiger partial charge on any atom is 0.416 e. The molecule has 0 bridgehead atoms. The minimum atomic E-state index is -4.44. The summed E-state index contributed by atoms with van der Waals surface area (Å²) in [6.45, 7) is 4.76. The van der Waals surface area contributed by atoms with Crippen molar-refractivity contribution in [1.82, 2.24) is 29.4 Å². The van der Waals surface area contributed by atoms with Gasteiger partial charge >= 0.3 is 6.18 Å². The topological polar surface area (TPSA) is 110 Å². The van der Waals surface area contributed by atoms with Crippen molar-refractivity contribution < 1.29 is 28.1 Å². The smallest absolute Gasteiger partial charge is 0.387 e. The Kier molecular flexibility index (Phi) is 6.29. The number of aryl methyl sites for hydroxylation is 2. The quantitative estimate of drug-likeness (QED) is 0.283. The van der Waals surface area contributed by atoms with Gasteiger partial charge in [0.25, 0.3) is 0 Å². The van der Waals surface area contributed by atoms with Crippen LogP contribution in [0.1, 0.15) is 23.0 Å². The number of nitrogens with zero attached hydrogens (tertiary/aromatic N) is 5. The van der Waals surface area contributed by atoms with Crippen LogP contribution in [0.2, 0.25) is 0 Å². The fourth-order valence-corrected chi connectivity index (χ4v) is 5.35. The predicted molar refractivity (Wildman–Crippen MR) is 138 cm³/mol. The summed E-state index contributed by atoms with van der Waals surface area (Å²) in [5, 5.41) is 26.2. The molecule has 4 heterocycles. The SMILES string of the molecule is Cc1ccc2c(c1)c1ccc(C(F)(F)F)cc1n2CCNCC1OC(n2cnc3c(C)ncnc32)C(O)C1O. The minimum Gasteiger partial charge on any atom is -0.387 e. The van der Waals surface area contributed by atoms with Crippen molar-refractivity contribution in [2.75, 3.05) is 13.1 Å². The van der Waals surface area contributed by atoms with Crippen LogP contribution < -0.4 is 5.32 Å². The highest BCUT2D eigenvalue weighted by atomic mass is 19.4. The summed E-state index contributed by atoms with van der Waals surface area (Å²) < 4.78 is 49.8. The molecular formula is C27H27F3N6O3. The lowest BCUT2D eigenvalue weighted by atomic mass is 10.1. The van der Waals surface area contributed by atoms with E-state index >= 15 is 0 Å². The number of ether oxygens (including phenoxy) is 1. The molecule has 0 radical (unpaired) electrons. The molecule has 1 fully saturated rings. The van der Waals surface area contributed by atoms with Gasteiger partial charge in [0.05, 0.1) is 17.6 Å². The van der Waals surface area contributed by atoms with E-state index in [0.717, 1.165) is 27.9 Å². The highest BCUT2D eigenvalue weighted by molar-refractivity contribution is 6.08. The second-order valence-electron chi connectivity index (χ2n) is 9.94. The third-order valence-corrected chi connectivity index (χ3v) is 7.36. The van der Waals surface area contributed by atoms with Gasteiger partial charge in [-0.15, -0.1) is 0 Å². The summed E-state index contributed by atoms with van der Waals surface area (Å²) in [4.78, 5) is 12.7. The first-order chi connectivity index (χ1) is 18.6. The number of benzene rings is 2. The number of imidazole rings is 1. The maximum atomic E-state index is 13.5. The zero-order valence-electron chi connectivity index (χ0n) is 21.2. The molecule has 3 N–H and O–H groups in total. The molecule has 4 atom stereocenters. The van der Waals surface area contributed by atoms with Gasteiger partial charge in [0.2, 0.25) is 0 Å². The van der Waals surface area contributed by atoms with Gasteiger partial charge in [0, 0.05) is 41.4 Å². The Morgan fingerprint density at radius 3 is 2.59 bits per heavy atom. The lowest BCUT2D eigenvalue weighted by Crippen LogP contribution is -2.38. The van der Waals surface area contributed by atoms with Crippen LogP contribution in [0.5, 0.6) is 0 Å². The van der Waals surface area contributed by atoms with Gasteiger partial charge in [-0.2, -0.15) is 13.2 Å². The Morgan fingerprint density at radius 1 is 0.974 bits per heavy atom. The van der Waals surface area contributed by atoms with Crippen LogP contribution in [-0.2, 0) is 17.5 Å². The maximum absolute atomic E-state index is 13.5. The van der Waals surface area contributed by atoms with Crippen molar-refractivity contribution >= 4 is 33.0 Å². The van der Waals surface area contributed by atoms with E-state index in [-0.39, 0.29) is 6.54 Å². The first-order valence-electron chi connectivity index (χ1n) is 12.6. The number of hydrogen-bond acceptors (Lipinski definition) is 7. The molecule has 39 heavy (non-hydrogen) atoms. The number of aliphatic hydroxyl groups excluding tert-OH is 2. The van der Waals surface area contributed by atoms with Crippen molar-refractivity contribution in [2.24, 2.45) is 0 Å². The highest BCUT2D eigenvalue weighted by Crippen LogP contribution is 2.36.